The molecule has 0 spiro atoms. The van der Waals surface area contributed by atoms with Gasteiger partial charge in [0.2, 0.25) is 0 Å². The lowest BCUT2D eigenvalue weighted by Crippen LogP contribution is -2.09. The quantitative estimate of drug-likeness (QED) is 0.157. The number of hydrogen-bond donors (Lipinski definition) is 0. The van der Waals surface area contributed by atoms with Gasteiger partial charge in [-0.15, -0.1) is 0 Å². The molecule has 0 radical (unpaired) electrons. The fourth-order valence-electron chi connectivity index (χ4n) is 7.38. The second kappa shape index (κ2) is 14.3. The minimum atomic E-state index is 0.586. The molecular weight excluding hydrogens is 685 g/mol. The van der Waals surface area contributed by atoms with Crippen LogP contribution < -0.4 is 4.90 Å². The van der Waals surface area contributed by atoms with E-state index in [1.54, 1.807) is 0 Å². The van der Waals surface area contributed by atoms with Crippen LogP contribution in [-0.2, 0) is 0 Å². The lowest BCUT2D eigenvalue weighted by Gasteiger charge is -2.25. The third-order valence-corrected chi connectivity index (χ3v) is 10.1. The maximum Gasteiger partial charge on any atom is 0.164 e. The van der Waals surface area contributed by atoms with Crippen molar-refractivity contribution in [1.29, 1.82) is 0 Å². The molecule has 0 unspecified atom stereocenters. The number of anilines is 3. The average Bonchev–Trinajstić information content (AvgIpc) is 3.66. The van der Waals surface area contributed by atoms with Crippen molar-refractivity contribution in [3.63, 3.8) is 0 Å². The molecule has 2 aromatic heterocycles. The summed E-state index contributed by atoms with van der Waals surface area (Å²) in [6.07, 6.45) is 0. The van der Waals surface area contributed by atoms with E-state index in [-0.39, 0.29) is 0 Å². The summed E-state index contributed by atoms with van der Waals surface area (Å²) < 4.78 is 6.64. The number of rotatable bonds is 8. The van der Waals surface area contributed by atoms with Crippen molar-refractivity contribution in [1.82, 2.24) is 15.0 Å². The molecule has 264 valence electrons. The Labute approximate surface area is 324 Å². The molecule has 2 heterocycles. The van der Waals surface area contributed by atoms with Crippen LogP contribution >= 0.6 is 0 Å². The van der Waals surface area contributed by atoms with Gasteiger partial charge in [-0.25, -0.2) is 15.0 Å². The van der Waals surface area contributed by atoms with E-state index >= 15 is 0 Å². The zero-order valence-electron chi connectivity index (χ0n) is 30.3. The molecule has 0 fully saturated rings. The molecule has 0 saturated heterocycles. The van der Waals surface area contributed by atoms with Gasteiger partial charge >= 0.3 is 0 Å². The van der Waals surface area contributed by atoms with Crippen molar-refractivity contribution in [2.24, 2.45) is 0 Å². The molecule has 0 amide bonds. The van der Waals surface area contributed by atoms with Crippen LogP contribution in [0.5, 0.6) is 0 Å². The Bertz CT molecular complexity index is 2930. The molecule has 0 aliphatic rings. The van der Waals surface area contributed by atoms with Gasteiger partial charge in [0.1, 0.15) is 11.2 Å². The zero-order valence-corrected chi connectivity index (χ0v) is 30.3. The lowest BCUT2D eigenvalue weighted by atomic mass is 10.0. The molecule has 10 rings (SSSR count). The van der Waals surface area contributed by atoms with Crippen molar-refractivity contribution in [2.45, 2.75) is 0 Å². The summed E-state index contributed by atoms with van der Waals surface area (Å²) in [6, 6.07) is 71.0. The van der Waals surface area contributed by atoms with E-state index in [1.807, 2.05) is 60.7 Å². The van der Waals surface area contributed by atoms with E-state index < -0.39 is 0 Å². The number of para-hydroxylation sites is 1. The number of fused-ring (bicyclic) bond motifs is 3. The molecule has 8 aromatic carbocycles. The van der Waals surface area contributed by atoms with Crippen molar-refractivity contribution in [3.8, 4) is 56.4 Å². The van der Waals surface area contributed by atoms with E-state index in [0.29, 0.717) is 17.5 Å². The highest BCUT2D eigenvalue weighted by Gasteiger charge is 2.20. The van der Waals surface area contributed by atoms with E-state index in [0.717, 1.165) is 66.8 Å². The molecular formula is C51H34N4O. The Kier molecular flexibility index (Phi) is 8.43. The monoisotopic (exact) mass is 718 g/mol. The second-order valence-electron chi connectivity index (χ2n) is 13.7. The SMILES string of the molecule is c1ccc(-c2ccc(-c3nc(-c4ccccc4)nc(-c4cccc5oc6cc(N(c7ccccc7)c7ccc(-c8ccccc8)cc7)ccc6c45)n3)cc2)cc1. The average molecular weight is 719 g/mol. The lowest BCUT2D eigenvalue weighted by molar-refractivity contribution is 0.669. The highest BCUT2D eigenvalue weighted by Crippen LogP contribution is 2.41. The maximum atomic E-state index is 6.64. The third kappa shape index (κ3) is 6.27. The Balaban J connectivity index is 1.08. The topological polar surface area (TPSA) is 55.1 Å². The summed E-state index contributed by atoms with van der Waals surface area (Å²) in [5, 5.41) is 1.95. The number of benzene rings is 8. The minimum absolute atomic E-state index is 0.586. The van der Waals surface area contributed by atoms with Gasteiger partial charge < -0.3 is 9.32 Å². The number of hydrogen-bond acceptors (Lipinski definition) is 5. The highest BCUT2D eigenvalue weighted by molar-refractivity contribution is 6.12. The second-order valence-corrected chi connectivity index (χ2v) is 13.7. The van der Waals surface area contributed by atoms with Gasteiger partial charge in [-0.05, 0) is 64.7 Å². The third-order valence-electron chi connectivity index (χ3n) is 10.1. The first-order valence-corrected chi connectivity index (χ1v) is 18.7. The molecule has 10 aromatic rings. The molecule has 0 aliphatic heterocycles. The molecule has 0 bridgehead atoms. The normalized spacial score (nSPS) is 11.2. The number of aromatic nitrogens is 3. The molecule has 0 aliphatic carbocycles. The van der Waals surface area contributed by atoms with Crippen molar-refractivity contribution < 1.29 is 4.42 Å². The van der Waals surface area contributed by atoms with Crippen molar-refractivity contribution in [2.75, 3.05) is 4.90 Å². The van der Waals surface area contributed by atoms with Crippen LogP contribution in [0, 0.1) is 0 Å². The summed E-state index contributed by atoms with van der Waals surface area (Å²) >= 11 is 0. The van der Waals surface area contributed by atoms with Gasteiger partial charge in [0.15, 0.2) is 17.5 Å². The van der Waals surface area contributed by atoms with Gasteiger partial charge in [-0.2, -0.15) is 0 Å². The van der Waals surface area contributed by atoms with Gasteiger partial charge in [-0.1, -0.05) is 158 Å². The largest absolute Gasteiger partial charge is 0.456 e. The van der Waals surface area contributed by atoms with E-state index in [2.05, 4.69) is 150 Å². The fraction of sp³-hybridized carbons (Fsp3) is 0. The van der Waals surface area contributed by atoms with E-state index in [1.165, 1.54) is 11.1 Å². The van der Waals surface area contributed by atoms with E-state index in [4.69, 9.17) is 19.4 Å². The Morgan fingerprint density at radius 1 is 0.321 bits per heavy atom. The fourth-order valence-corrected chi connectivity index (χ4v) is 7.38. The van der Waals surface area contributed by atoms with Gasteiger partial charge in [0.25, 0.3) is 0 Å². The van der Waals surface area contributed by atoms with Crippen molar-refractivity contribution >= 4 is 39.0 Å². The Morgan fingerprint density at radius 3 is 1.38 bits per heavy atom. The summed E-state index contributed by atoms with van der Waals surface area (Å²) in [5.41, 5.74) is 12.0. The van der Waals surface area contributed by atoms with E-state index in [9.17, 15) is 0 Å². The van der Waals surface area contributed by atoms with Crippen LogP contribution in [0.2, 0.25) is 0 Å². The Morgan fingerprint density at radius 2 is 0.768 bits per heavy atom. The first kappa shape index (κ1) is 33.0. The number of furan rings is 1. The predicted molar refractivity (Wildman–Crippen MR) is 229 cm³/mol. The summed E-state index contributed by atoms with van der Waals surface area (Å²) in [4.78, 5) is 17.5. The highest BCUT2D eigenvalue weighted by atomic mass is 16.3. The van der Waals surface area contributed by atoms with Crippen LogP contribution in [0.4, 0.5) is 17.1 Å². The maximum absolute atomic E-state index is 6.64. The van der Waals surface area contributed by atoms with Gasteiger partial charge in [-0.3, -0.25) is 0 Å². The van der Waals surface area contributed by atoms with Crippen LogP contribution in [0.1, 0.15) is 0 Å². The zero-order chi connectivity index (χ0) is 37.3. The molecule has 56 heavy (non-hydrogen) atoms. The number of nitrogens with zero attached hydrogens (tertiary/aromatic N) is 4. The molecule has 5 nitrogen and oxygen atoms in total. The van der Waals surface area contributed by atoms with Crippen LogP contribution in [0.3, 0.4) is 0 Å². The Hall–Kier alpha value is -7.63. The molecule has 0 saturated carbocycles. The molecule has 5 heteroatoms. The van der Waals surface area contributed by atoms with Crippen LogP contribution in [0.25, 0.3) is 78.4 Å². The van der Waals surface area contributed by atoms with Crippen molar-refractivity contribution in [3.05, 3.63) is 206 Å². The molecule has 0 N–H and O–H groups in total. The standard InChI is InChI=1S/C51H34N4O/c1-5-14-35(15-6-1)37-24-26-40(27-25-37)50-52-49(39-18-9-3-10-19-39)53-51(54-50)45-22-13-23-46-48(45)44-33-32-43(34-47(44)56-46)55(41-20-11-4-12-21-41)42-30-28-38(29-31-42)36-16-7-2-8-17-36/h1-34H. The van der Waals surface area contributed by atoms with Crippen LogP contribution in [0.15, 0.2) is 211 Å². The first-order chi connectivity index (χ1) is 27.7. The predicted octanol–water partition coefficient (Wildman–Crippen LogP) is 13.6. The van der Waals surface area contributed by atoms with Gasteiger partial charge in [0, 0.05) is 50.6 Å². The first-order valence-electron chi connectivity index (χ1n) is 18.7. The summed E-state index contributed by atoms with van der Waals surface area (Å²) in [5.74, 6) is 1.81. The minimum Gasteiger partial charge on any atom is -0.456 e. The summed E-state index contributed by atoms with van der Waals surface area (Å²) in [7, 11) is 0. The molecule has 0 atom stereocenters. The van der Waals surface area contributed by atoms with Gasteiger partial charge in [0.05, 0.1) is 0 Å². The smallest absolute Gasteiger partial charge is 0.164 e. The summed E-state index contributed by atoms with van der Waals surface area (Å²) in [6.45, 7) is 0. The van der Waals surface area contributed by atoms with Crippen LogP contribution in [-0.4, -0.2) is 15.0 Å².